The third kappa shape index (κ3) is 5.30. The number of hydrogen-bond acceptors (Lipinski definition) is 4. The van der Waals surface area contributed by atoms with Crippen LogP contribution in [-0.2, 0) is 20.2 Å². The molecule has 27 heavy (non-hydrogen) atoms. The van der Waals surface area contributed by atoms with E-state index in [1.807, 2.05) is 26.0 Å². The number of carbonyl (C=O) groups excluding carboxylic acids is 1. The van der Waals surface area contributed by atoms with E-state index in [0.717, 1.165) is 5.56 Å². The van der Waals surface area contributed by atoms with Crippen LogP contribution in [0.25, 0.3) is 0 Å². The van der Waals surface area contributed by atoms with E-state index >= 15 is 0 Å². The first-order valence-corrected chi connectivity index (χ1v) is 10.9. The minimum absolute atomic E-state index is 0.0225. The number of carbonyl (C=O) groups is 1. The van der Waals surface area contributed by atoms with Crippen molar-refractivity contribution in [3.05, 3.63) is 29.8 Å². The zero-order valence-corrected chi connectivity index (χ0v) is 17.9. The number of sulfonamides is 1. The van der Waals surface area contributed by atoms with Crippen LogP contribution in [0.2, 0.25) is 0 Å². The second-order valence-corrected chi connectivity index (χ2v) is 11.0. The summed E-state index contributed by atoms with van der Waals surface area (Å²) in [6.45, 7) is 11.1. The quantitative estimate of drug-likeness (QED) is 0.800. The van der Waals surface area contributed by atoms with Crippen LogP contribution >= 0.6 is 0 Å². The molecule has 1 aromatic rings. The summed E-state index contributed by atoms with van der Waals surface area (Å²) in [5.74, 6) is -0.220. The third-order valence-corrected chi connectivity index (χ3v) is 7.07. The minimum Gasteiger partial charge on any atom is -0.350 e. The molecule has 6 nitrogen and oxygen atoms in total. The second kappa shape index (κ2) is 7.89. The molecule has 0 unspecified atom stereocenters. The van der Waals surface area contributed by atoms with Gasteiger partial charge in [0.25, 0.3) is 0 Å². The highest BCUT2D eigenvalue weighted by Gasteiger charge is 2.33. The predicted octanol–water partition coefficient (Wildman–Crippen LogP) is 2.24. The summed E-state index contributed by atoms with van der Waals surface area (Å²) in [7, 11) is -3.53. The Balaban J connectivity index is 2.03. The lowest BCUT2D eigenvalue weighted by Crippen LogP contribution is -2.52. The molecule has 2 rings (SSSR count). The molecule has 3 N–H and O–H groups in total. The molecule has 1 aliphatic rings. The van der Waals surface area contributed by atoms with Crippen LogP contribution in [-0.4, -0.2) is 43.8 Å². The van der Waals surface area contributed by atoms with Gasteiger partial charge in [-0.05, 0) is 49.8 Å². The summed E-state index contributed by atoms with van der Waals surface area (Å²) in [6.07, 6.45) is 1.04. The van der Waals surface area contributed by atoms with Gasteiger partial charge in [0.2, 0.25) is 15.9 Å². The van der Waals surface area contributed by atoms with Crippen molar-refractivity contribution in [2.45, 2.75) is 63.3 Å². The highest BCUT2D eigenvalue weighted by Crippen LogP contribution is 2.27. The Morgan fingerprint density at radius 3 is 2.07 bits per heavy atom. The molecule has 0 atom stereocenters. The van der Waals surface area contributed by atoms with Crippen molar-refractivity contribution in [3.63, 3.8) is 0 Å². The normalized spacial score (nSPS) is 17.7. The fourth-order valence-corrected chi connectivity index (χ4v) is 4.59. The lowest BCUT2D eigenvalue weighted by molar-refractivity contribution is -0.127. The Morgan fingerprint density at radius 1 is 1.11 bits per heavy atom. The topological polar surface area (TPSA) is 92.5 Å². The highest BCUT2D eigenvalue weighted by molar-refractivity contribution is 7.89. The second-order valence-electron chi connectivity index (χ2n) is 9.03. The molecule has 1 aromatic carbocycles. The van der Waals surface area contributed by atoms with Crippen molar-refractivity contribution in [2.24, 2.45) is 11.7 Å². The lowest BCUT2D eigenvalue weighted by Gasteiger charge is -2.33. The van der Waals surface area contributed by atoms with Gasteiger partial charge in [-0.1, -0.05) is 32.9 Å². The van der Waals surface area contributed by atoms with E-state index in [1.165, 1.54) is 4.31 Å². The van der Waals surface area contributed by atoms with E-state index in [0.29, 0.717) is 37.4 Å². The molecular formula is C20H33N3O3S. The number of nitrogens with two attached hydrogens (primary N) is 1. The number of rotatable bonds is 5. The predicted molar refractivity (Wildman–Crippen MR) is 108 cm³/mol. The zero-order chi connectivity index (χ0) is 20.5. The van der Waals surface area contributed by atoms with Crippen molar-refractivity contribution in [1.82, 2.24) is 9.62 Å². The number of amides is 1. The molecule has 1 saturated heterocycles. The van der Waals surface area contributed by atoms with Gasteiger partial charge in [-0.15, -0.1) is 0 Å². The number of benzene rings is 1. The van der Waals surface area contributed by atoms with Crippen LogP contribution in [0.15, 0.2) is 29.2 Å². The SMILES string of the molecule is CC(C)(CN)NC(=O)C1CCN(S(=O)(=O)c2ccc(C(C)(C)C)cc2)CC1. The van der Waals surface area contributed by atoms with Crippen molar-refractivity contribution >= 4 is 15.9 Å². The fraction of sp³-hybridized carbons (Fsp3) is 0.650. The summed E-state index contributed by atoms with van der Waals surface area (Å²) >= 11 is 0. The Bertz CT molecular complexity index is 757. The Labute approximate surface area is 163 Å². The van der Waals surface area contributed by atoms with Crippen molar-refractivity contribution in [1.29, 1.82) is 0 Å². The Kier molecular flexibility index (Phi) is 6.39. The largest absolute Gasteiger partial charge is 0.350 e. The summed E-state index contributed by atoms with van der Waals surface area (Å²) in [4.78, 5) is 12.7. The van der Waals surface area contributed by atoms with E-state index in [-0.39, 0.29) is 17.2 Å². The maximum atomic E-state index is 12.9. The number of nitrogens with zero attached hydrogens (tertiary/aromatic N) is 1. The van der Waals surface area contributed by atoms with Crippen LogP contribution in [0.5, 0.6) is 0 Å². The average Bonchev–Trinajstić information content (AvgIpc) is 2.61. The minimum atomic E-state index is -3.53. The maximum absolute atomic E-state index is 12.9. The van der Waals surface area contributed by atoms with Gasteiger partial charge in [0, 0.05) is 31.1 Å². The molecule has 0 saturated carbocycles. The summed E-state index contributed by atoms with van der Waals surface area (Å²) in [5, 5.41) is 2.95. The third-order valence-electron chi connectivity index (χ3n) is 5.15. The van der Waals surface area contributed by atoms with E-state index in [4.69, 9.17) is 5.73 Å². The van der Waals surface area contributed by atoms with Crippen molar-refractivity contribution < 1.29 is 13.2 Å². The number of piperidine rings is 1. The lowest BCUT2D eigenvalue weighted by atomic mass is 9.87. The van der Waals surface area contributed by atoms with E-state index < -0.39 is 15.6 Å². The molecule has 0 spiro atoms. The van der Waals surface area contributed by atoms with E-state index in [1.54, 1.807) is 12.1 Å². The van der Waals surface area contributed by atoms with Crippen LogP contribution in [0, 0.1) is 5.92 Å². The highest BCUT2D eigenvalue weighted by atomic mass is 32.2. The van der Waals surface area contributed by atoms with Crippen LogP contribution in [0.1, 0.15) is 53.0 Å². The molecule has 1 heterocycles. The molecular weight excluding hydrogens is 362 g/mol. The van der Waals surface area contributed by atoms with Gasteiger partial charge in [-0.2, -0.15) is 4.31 Å². The van der Waals surface area contributed by atoms with Gasteiger partial charge in [0.1, 0.15) is 0 Å². The summed E-state index contributed by atoms with van der Waals surface area (Å²) < 4.78 is 27.3. The molecule has 1 aliphatic heterocycles. The standard InChI is InChI=1S/C20H33N3O3S/c1-19(2,3)16-6-8-17(9-7-16)27(25,26)23-12-10-15(11-13-23)18(24)22-20(4,5)14-21/h6-9,15H,10-14,21H2,1-5H3,(H,22,24). The molecule has 1 fully saturated rings. The van der Waals surface area contributed by atoms with Crippen LogP contribution in [0.3, 0.4) is 0 Å². The molecule has 0 aliphatic carbocycles. The monoisotopic (exact) mass is 395 g/mol. The Morgan fingerprint density at radius 2 is 1.63 bits per heavy atom. The summed E-state index contributed by atoms with van der Waals surface area (Å²) in [6, 6.07) is 7.11. The molecule has 1 amide bonds. The smallest absolute Gasteiger partial charge is 0.243 e. The molecule has 0 radical (unpaired) electrons. The van der Waals surface area contributed by atoms with Crippen LogP contribution < -0.4 is 11.1 Å². The maximum Gasteiger partial charge on any atom is 0.243 e. The number of nitrogens with one attached hydrogen (secondary N) is 1. The average molecular weight is 396 g/mol. The first kappa shape index (κ1) is 21.9. The first-order valence-electron chi connectivity index (χ1n) is 9.49. The number of hydrogen-bond donors (Lipinski definition) is 2. The van der Waals surface area contributed by atoms with Crippen molar-refractivity contribution in [3.8, 4) is 0 Å². The van der Waals surface area contributed by atoms with Gasteiger partial charge in [0.15, 0.2) is 0 Å². The van der Waals surface area contributed by atoms with E-state index in [2.05, 4.69) is 26.1 Å². The zero-order valence-electron chi connectivity index (χ0n) is 17.1. The molecule has 7 heteroatoms. The summed E-state index contributed by atoms with van der Waals surface area (Å²) in [5.41, 5.74) is 6.29. The first-order chi connectivity index (χ1) is 12.4. The molecule has 0 bridgehead atoms. The van der Waals surface area contributed by atoms with Gasteiger partial charge in [-0.25, -0.2) is 8.42 Å². The van der Waals surface area contributed by atoms with Gasteiger partial charge in [0.05, 0.1) is 4.90 Å². The Hall–Kier alpha value is -1.44. The fourth-order valence-electron chi connectivity index (χ4n) is 3.12. The van der Waals surface area contributed by atoms with E-state index in [9.17, 15) is 13.2 Å². The molecule has 152 valence electrons. The van der Waals surface area contributed by atoms with Crippen LogP contribution in [0.4, 0.5) is 0 Å². The molecule has 0 aromatic heterocycles. The van der Waals surface area contributed by atoms with Crippen molar-refractivity contribution in [2.75, 3.05) is 19.6 Å². The van der Waals surface area contributed by atoms with Gasteiger partial charge < -0.3 is 11.1 Å². The van der Waals surface area contributed by atoms with Gasteiger partial charge in [-0.3, -0.25) is 4.79 Å². The van der Waals surface area contributed by atoms with Gasteiger partial charge >= 0.3 is 0 Å².